The first kappa shape index (κ1) is 19.5. The van der Waals surface area contributed by atoms with Gasteiger partial charge in [0.05, 0.1) is 19.1 Å². The first-order chi connectivity index (χ1) is 10.6. The summed E-state index contributed by atoms with van der Waals surface area (Å²) < 4.78 is 4.79. The van der Waals surface area contributed by atoms with Crippen LogP contribution < -0.4 is 11.1 Å². The summed E-state index contributed by atoms with van der Waals surface area (Å²) in [7, 11) is 1.40. The molecular weight excluding hydrogens is 316 g/mol. The van der Waals surface area contributed by atoms with Crippen LogP contribution in [0.2, 0.25) is 0 Å². The van der Waals surface area contributed by atoms with Crippen LogP contribution in [0, 0.1) is 5.92 Å². The Hall–Kier alpha value is -1.59. The first-order valence-corrected chi connectivity index (χ1v) is 7.78. The fourth-order valence-electron chi connectivity index (χ4n) is 2.97. The molecule has 0 aliphatic heterocycles. The number of carbonyl (C=O) groups excluding carboxylic acids is 2. The maximum Gasteiger partial charge on any atom is 0.308 e. The Balaban J connectivity index is 0.00000264. The van der Waals surface area contributed by atoms with Gasteiger partial charge in [-0.2, -0.15) is 0 Å². The van der Waals surface area contributed by atoms with E-state index in [2.05, 4.69) is 5.32 Å². The Morgan fingerprint density at radius 2 is 2.00 bits per heavy atom. The normalized spacial score (nSPS) is 21.7. The molecule has 5 nitrogen and oxygen atoms in total. The van der Waals surface area contributed by atoms with Gasteiger partial charge in [-0.25, -0.2) is 0 Å². The van der Waals surface area contributed by atoms with Crippen LogP contribution in [-0.4, -0.2) is 31.1 Å². The van der Waals surface area contributed by atoms with Gasteiger partial charge < -0.3 is 15.8 Å². The third kappa shape index (κ3) is 5.84. The largest absolute Gasteiger partial charge is 0.469 e. The number of nitrogens with one attached hydrogen (secondary N) is 1. The molecule has 1 amide bonds. The molecule has 0 unspecified atom stereocenters. The number of esters is 1. The fraction of sp³-hybridized carbons (Fsp3) is 0.529. The van der Waals surface area contributed by atoms with Crippen LogP contribution in [0.25, 0.3) is 0 Å². The topological polar surface area (TPSA) is 81.4 Å². The van der Waals surface area contributed by atoms with Gasteiger partial charge in [-0.3, -0.25) is 9.59 Å². The molecule has 0 saturated heterocycles. The van der Waals surface area contributed by atoms with Crippen molar-refractivity contribution in [3.8, 4) is 0 Å². The van der Waals surface area contributed by atoms with E-state index in [0.717, 1.165) is 24.8 Å². The molecule has 1 aromatic carbocycles. The van der Waals surface area contributed by atoms with Crippen molar-refractivity contribution >= 4 is 24.3 Å². The maximum absolute atomic E-state index is 12.2. The molecule has 1 aromatic rings. The molecule has 128 valence electrons. The van der Waals surface area contributed by atoms with Gasteiger partial charge in [0.15, 0.2) is 0 Å². The minimum absolute atomic E-state index is 0. The molecule has 3 N–H and O–H groups in total. The summed E-state index contributed by atoms with van der Waals surface area (Å²) in [4.78, 5) is 23.8. The number of amides is 1. The van der Waals surface area contributed by atoms with Gasteiger partial charge in [0, 0.05) is 6.04 Å². The third-order valence-corrected chi connectivity index (χ3v) is 4.19. The lowest BCUT2D eigenvalue weighted by Gasteiger charge is -2.29. The van der Waals surface area contributed by atoms with Crippen molar-refractivity contribution in [1.82, 2.24) is 5.32 Å². The van der Waals surface area contributed by atoms with Crippen molar-refractivity contribution in [2.75, 3.05) is 7.11 Å². The number of methoxy groups -OCH3 is 1. The summed E-state index contributed by atoms with van der Waals surface area (Å²) in [6.45, 7) is 0. The molecule has 0 bridgehead atoms. The lowest BCUT2D eigenvalue weighted by molar-refractivity contribution is -0.147. The van der Waals surface area contributed by atoms with Gasteiger partial charge in [0.25, 0.3) is 0 Å². The molecule has 2 rings (SSSR count). The van der Waals surface area contributed by atoms with Gasteiger partial charge in [-0.15, -0.1) is 12.4 Å². The standard InChI is InChI=1S/C17H24N2O3.ClH/c1-22-17(21)13-8-5-9-14(11-13)19-16(20)15(18)10-12-6-3-2-4-7-12;/h2-4,6-7,13-15H,5,8-11,18H2,1H3,(H,19,20);1H/t13-,14+,15+;/m1./s1. The van der Waals surface area contributed by atoms with E-state index in [9.17, 15) is 9.59 Å². The van der Waals surface area contributed by atoms with Gasteiger partial charge in [0.2, 0.25) is 5.91 Å². The summed E-state index contributed by atoms with van der Waals surface area (Å²) >= 11 is 0. The van der Waals surface area contributed by atoms with E-state index >= 15 is 0 Å². The molecular formula is C17H25ClN2O3. The van der Waals surface area contributed by atoms with Crippen LogP contribution in [0.5, 0.6) is 0 Å². The fourth-order valence-corrected chi connectivity index (χ4v) is 2.97. The highest BCUT2D eigenvalue weighted by molar-refractivity contribution is 5.85. The van der Waals surface area contributed by atoms with Crippen LogP contribution in [0.15, 0.2) is 30.3 Å². The summed E-state index contributed by atoms with van der Waals surface area (Å²) in [5, 5.41) is 2.98. The highest BCUT2D eigenvalue weighted by Gasteiger charge is 2.29. The Morgan fingerprint density at radius 3 is 2.65 bits per heavy atom. The quantitative estimate of drug-likeness (QED) is 0.801. The van der Waals surface area contributed by atoms with Crippen LogP contribution in [-0.2, 0) is 20.7 Å². The van der Waals surface area contributed by atoms with Crippen LogP contribution in [0.1, 0.15) is 31.2 Å². The van der Waals surface area contributed by atoms with Crippen LogP contribution >= 0.6 is 12.4 Å². The molecule has 1 aliphatic rings. The molecule has 3 atom stereocenters. The number of ether oxygens (including phenoxy) is 1. The molecule has 1 aliphatic carbocycles. The highest BCUT2D eigenvalue weighted by Crippen LogP contribution is 2.25. The van der Waals surface area contributed by atoms with E-state index in [1.807, 2.05) is 30.3 Å². The minimum atomic E-state index is -0.569. The number of nitrogens with two attached hydrogens (primary N) is 1. The molecule has 0 heterocycles. The zero-order chi connectivity index (χ0) is 15.9. The molecule has 6 heteroatoms. The predicted octanol–water partition coefficient (Wildman–Crippen LogP) is 1.83. The smallest absolute Gasteiger partial charge is 0.308 e. The second kappa shape index (κ2) is 9.53. The van der Waals surface area contributed by atoms with Crippen LogP contribution in [0.3, 0.4) is 0 Å². The van der Waals surface area contributed by atoms with Gasteiger partial charge in [0.1, 0.15) is 0 Å². The maximum atomic E-state index is 12.2. The van der Waals surface area contributed by atoms with Crippen LogP contribution in [0.4, 0.5) is 0 Å². The molecule has 0 radical (unpaired) electrons. The minimum Gasteiger partial charge on any atom is -0.469 e. The van der Waals surface area contributed by atoms with Crippen molar-refractivity contribution in [2.24, 2.45) is 11.7 Å². The number of hydrogen-bond donors (Lipinski definition) is 2. The molecule has 0 spiro atoms. The second-order valence-electron chi connectivity index (χ2n) is 5.89. The molecule has 1 fully saturated rings. The zero-order valence-electron chi connectivity index (χ0n) is 13.4. The monoisotopic (exact) mass is 340 g/mol. The van der Waals surface area contributed by atoms with E-state index in [1.54, 1.807) is 0 Å². The van der Waals surface area contributed by atoms with Gasteiger partial charge >= 0.3 is 5.97 Å². The lowest BCUT2D eigenvalue weighted by atomic mass is 9.85. The summed E-state index contributed by atoms with van der Waals surface area (Å²) in [6.07, 6.45) is 3.78. The summed E-state index contributed by atoms with van der Waals surface area (Å²) in [6, 6.07) is 9.16. The van der Waals surface area contributed by atoms with E-state index in [1.165, 1.54) is 7.11 Å². The zero-order valence-corrected chi connectivity index (χ0v) is 14.2. The number of benzene rings is 1. The van der Waals surface area contributed by atoms with Crippen molar-refractivity contribution < 1.29 is 14.3 Å². The van der Waals surface area contributed by atoms with E-state index in [0.29, 0.717) is 12.8 Å². The SMILES string of the molecule is COC(=O)[C@@H]1CCC[C@H](NC(=O)[C@@H](N)Cc2ccccc2)C1.Cl. The van der Waals surface area contributed by atoms with Crippen molar-refractivity contribution in [3.05, 3.63) is 35.9 Å². The lowest BCUT2D eigenvalue weighted by Crippen LogP contribution is -2.48. The van der Waals surface area contributed by atoms with E-state index in [-0.39, 0.29) is 36.2 Å². The Kier molecular flexibility index (Phi) is 8.06. The van der Waals surface area contributed by atoms with Crippen molar-refractivity contribution in [2.45, 2.75) is 44.2 Å². The second-order valence-corrected chi connectivity index (χ2v) is 5.89. The van der Waals surface area contributed by atoms with Crippen molar-refractivity contribution in [3.63, 3.8) is 0 Å². The van der Waals surface area contributed by atoms with E-state index < -0.39 is 6.04 Å². The number of rotatable bonds is 5. The van der Waals surface area contributed by atoms with E-state index in [4.69, 9.17) is 10.5 Å². The molecule has 1 saturated carbocycles. The Morgan fingerprint density at radius 1 is 1.30 bits per heavy atom. The van der Waals surface area contributed by atoms with Gasteiger partial charge in [-0.05, 0) is 31.2 Å². The Labute approximate surface area is 143 Å². The van der Waals surface area contributed by atoms with Gasteiger partial charge in [-0.1, -0.05) is 36.8 Å². The summed E-state index contributed by atoms with van der Waals surface area (Å²) in [5.41, 5.74) is 7.03. The molecule has 23 heavy (non-hydrogen) atoms. The highest BCUT2D eigenvalue weighted by atomic mass is 35.5. The predicted molar refractivity (Wildman–Crippen MR) is 91.3 cm³/mol. The first-order valence-electron chi connectivity index (χ1n) is 7.78. The van der Waals surface area contributed by atoms with Crippen molar-refractivity contribution in [1.29, 1.82) is 0 Å². The third-order valence-electron chi connectivity index (χ3n) is 4.19. The number of halogens is 1. The number of hydrogen-bond acceptors (Lipinski definition) is 4. The average Bonchev–Trinajstić information content (AvgIpc) is 2.55. The Bertz CT molecular complexity index is 510. The number of carbonyl (C=O) groups is 2. The summed E-state index contributed by atoms with van der Waals surface area (Å²) in [5.74, 6) is -0.457. The molecule has 0 aromatic heterocycles. The average molecular weight is 341 g/mol.